The Morgan fingerprint density at radius 1 is 0.633 bits per heavy atom. The van der Waals surface area contributed by atoms with Gasteiger partial charge < -0.3 is 23.7 Å². The summed E-state index contributed by atoms with van der Waals surface area (Å²) in [5.74, 6) is 1.64. The number of amides is 1. The van der Waals surface area contributed by atoms with Crippen molar-refractivity contribution in [3.05, 3.63) is 0 Å². The van der Waals surface area contributed by atoms with Crippen LogP contribution in [0.3, 0.4) is 0 Å². The second-order valence-corrected chi connectivity index (χ2v) is 18.1. The number of unbranched alkanes of at least 4 members (excludes halogenated alkanes) is 25. The van der Waals surface area contributed by atoms with Gasteiger partial charge in [0.05, 0.1) is 33.8 Å². The number of carbonyl (C=O) groups is 1. The van der Waals surface area contributed by atoms with Gasteiger partial charge in [0.1, 0.15) is 13.2 Å². The topological polar surface area (TPSA) is 87.7 Å². The number of carbonyl (C=O) groups excluding carboxylic acids is 1. The third-order valence-corrected chi connectivity index (χ3v) is 11.5. The fourth-order valence-electron chi connectivity index (χ4n) is 6.00. The average molecular weight is 735 g/mol. The van der Waals surface area contributed by atoms with Crippen molar-refractivity contribution < 1.29 is 27.8 Å². The molecule has 1 amide bonds. The predicted octanol–water partition coefficient (Wildman–Crippen LogP) is 11.4. The molecular formula is C40H83N2O5PS. The first kappa shape index (κ1) is 48.9. The van der Waals surface area contributed by atoms with E-state index in [9.17, 15) is 14.3 Å². The summed E-state index contributed by atoms with van der Waals surface area (Å²) in [6.45, 7) is 5.10. The fourth-order valence-corrected chi connectivity index (χ4v) is 7.79. The van der Waals surface area contributed by atoms with Crippen molar-refractivity contribution >= 4 is 25.5 Å². The molecule has 7 nitrogen and oxygen atoms in total. The maximum atomic E-state index is 12.8. The van der Waals surface area contributed by atoms with E-state index in [1.165, 1.54) is 154 Å². The molecule has 0 aromatic carbocycles. The quantitative estimate of drug-likeness (QED) is 0.0384. The first-order valence-electron chi connectivity index (χ1n) is 20.9. The lowest BCUT2D eigenvalue weighted by molar-refractivity contribution is -0.870. The molecule has 0 radical (unpaired) electrons. The Labute approximate surface area is 309 Å². The molecular weight excluding hydrogens is 651 g/mol. The van der Waals surface area contributed by atoms with Crippen molar-refractivity contribution in [2.24, 2.45) is 0 Å². The van der Waals surface area contributed by atoms with Gasteiger partial charge in [-0.25, -0.2) is 0 Å². The van der Waals surface area contributed by atoms with Crippen molar-refractivity contribution in [3.63, 3.8) is 0 Å². The molecule has 2 atom stereocenters. The van der Waals surface area contributed by atoms with Gasteiger partial charge in [-0.1, -0.05) is 174 Å². The molecule has 0 aromatic rings. The molecule has 0 aromatic heterocycles. The van der Waals surface area contributed by atoms with Crippen molar-refractivity contribution in [1.82, 2.24) is 5.32 Å². The maximum absolute atomic E-state index is 12.8. The predicted molar refractivity (Wildman–Crippen MR) is 212 cm³/mol. The summed E-state index contributed by atoms with van der Waals surface area (Å²) < 4.78 is 23.3. The Kier molecular flexibility index (Phi) is 34.9. The number of likely N-dealkylation sites (N-methyl/N-ethyl adjacent to an activating group) is 1. The molecule has 294 valence electrons. The zero-order chi connectivity index (χ0) is 36.3. The van der Waals surface area contributed by atoms with E-state index in [0.29, 0.717) is 23.2 Å². The largest absolute Gasteiger partial charge is 0.756 e. The van der Waals surface area contributed by atoms with Crippen LogP contribution in [0.4, 0.5) is 0 Å². The van der Waals surface area contributed by atoms with E-state index in [0.717, 1.165) is 25.0 Å². The molecule has 0 aliphatic rings. The van der Waals surface area contributed by atoms with Crippen LogP contribution >= 0.6 is 19.6 Å². The van der Waals surface area contributed by atoms with Crippen molar-refractivity contribution in [1.29, 1.82) is 0 Å². The summed E-state index contributed by atoms with van der Waals surface area (Å²) in [5, 5.41) is 3.06. The number of nitrogens with zero attached hydrogens (tertiary/aromatic N) is 1. The number of phosphoric ester groups is 1. The number of hydrogen-bond acceptors (Lipinski definition) is 6. The fraction of sp³-hybridized carbons (Fsp3) is 0.975. The summed E-state index contributed by atoms with van der Waals surface area (Å²) in [6, 6.07) is -0.351. The minimum Gasteiger partial charge on any atom is -0.756 e. The summed E-state index contributed by atoms with van der Waals surface area (Å²) >= 11 is 1.78. The first-order valence-corrected chi connectivity index (χ1v) is 23.5. The Hall–Kier alpha value is -0.110. The molecule has 0 heterocycles. The van der Waals surface area contributed by atoms with Crippen LogP contribution in [0.5, 0.6) is 0 Å². The lowest BCUT2D eigenvalue weighted by Gasteiger charge is -2.28. The normalized spacial score (nSPS) is 13.8. The van der Waals surface area contributed by atoms with Gasteiger partial charge >= 0.3 is 0 Å². The lowest BCUT2D eigenvalue weighted by Crippen LogP contribution is -2.40. The molecule has 0 saturated carbocycles. The van der Waals surface area contributed by atoms with E-state index < -0.39 is 7.82 Å². The summed E-state index contributed by atoms with van der Waals surface area (Å²) in [5.41, 5.74) is 0. The van der Waals surface area contributed by atoms with Gasteiger partial charge in [0.15, 0.2) is 0 Å². The SMILES string of the molecule is CCCCCCCCCCCCCCCCSCC(COP(=O)([O-])OCC[N+](C)(C)C)NC(=O)CCCCCCCCCCCCCCC. The van der Waals surface area contributed by atoms with E-state index in [2.05, 4.69) is 19.2 Å². The molecule has 2 unspecified atom stereocenters. The van der Waals surface area contributed by atoms with Gasteiger partial charge in [-0.15, -0.1) is 0 Å². The second-order valence-electron chi connectivity index (χ2n) is 15.5. The Morgan fingerprint density at radius 3 is 1.43 bits per heavy atom. The van der Waals surface area contributed by atoms with Crippen LogP contribution in [0.1, 0.15) is 194 Å². The zero-order valence-corrected chi connectivity index (χ0v) is 35.0. The highest BCUT2D eigenvalue weighted by Crippen LogP contribution is 2.38. The summed E-state index contributed by atoms with van der Waals surface area (Å²) in [4.78, 5) is 25.2. The highest BCUT2D eigenvalue weighted by molar-refractivity contribution is 7.99. The van der Waals surface area contributed by atoms with E-state index in [-0.39, 0.29) is 25.2 Å². The van der Waals surface area contributed by atoms with E-state index in [1.54, 1.807) is 11.8 Å². The zero-order valence-electron chi connectivity index (χ0n) is 33.3. The van der Waals surface area contributed by atoms with Gasteiger partial charge in [-0.05, 0) is 18.6 Å². The van der Waals surface area contributed by atoms with Crippen molar-refractivity contribution in [3.8, 4) is 0 Å². The average Bonchev–Trinajstić information content (AvgIpc) is 3.04. The molecule has 0 aliphatic carbocycles. The Balaban J connectivity index is 4.22. The van der Waals surface area contributed by atoms with Crippen LogP contribution in [0.25, 0.3) is 0 Å². The second kappa shape index (κ2) is 34.9. The van der Waals surface area contributed by atoms with Gasteiger partial charge in [-0.2, -0.15) is 11.8 Å². The van der Waals surface area contributed by atoms with Crippen LogP contribution in [-0.4, -0.2) is 68.8 Å². The molecule has 0 aliphatic heterocycles. The van der Waals surface area contributed by atoms with E-state index in [4.69, 9.17) is 9.05 Å². The minimum absolute atomic E-state index is 0.0135. The van der Waals surface area contributed by atoms with Gasteiger partial charge in [0.25, 0.3) is 7.82 Å². The number of phosphoric acid groups is 1. The molecule has 1 N–H and O–H groups in total. The van der Waals surface area contributed by atoms with Crippen LogP contribution in [0.2, 0.25) is 0 Å². The standard InChI is InChI=1S/C40H83N2O5PS/c1-6-8-10-12-14-16-18-20-22-24-26-28-30-32-36-49-38-39(37-47-48(44,45)46-35-34-42(3,4)5)41-40(43)33-31-29-27-25-23-21-19-17-15-13-11-9-7-2/h39H,6-38H2,1-5H3,(H-,41,43,44,45). The van der Waals surface area contributed by atoms with Crippen molar-refractivity contribution in [2.45, 2.75) is 200 Å². The third kappa shape index (κ3) is 38.9. The lowest BCUT2D eigenvalue weighted by atomic mass is 10.0. The van der Waals surface area contributed by atoms with Gasteiger partial charge in [0, 0.05) is 12.2 Å². The van der Waals surface area contributed by atoms with Crippen LogP contribution < -0.4 is 10.2 Å². The summed E-state index contributed by atoms with van der Waals surface area (Å²) in [6.07, 6.45) is 35.9. The molecule has 0 rings (SSSR count). The number of nitrogens with one attached hydrogen (secondary N) is 1. The minimum atomic E-state index is -4.42. The van der Waals surface area contributed by atoms with Crippen molar-refractivity contribution in [2.75, 3.05) is 52.4 Å². The number of thioether (sulfide) groups is 1. The molecule has 9 heteroatoms. The highest BCUT2D eigenvalue weighted by Gasteiger charge is 2.18. The number of rotatable bonds is 39. The molecule has 0 bridgehead atoms. The van der Waals surface area contributed by atoms with Gasteiger partial charge in [-0.3, -0.25) is 9.36 Å². The van der Waals surface area contributed by atoms with E-state index in [1.807, 2.05) is 21.1 Å². The van der Waals surface area contributed by atoms with Gasteiger partial charge in [0.2, 0.25) is 5.91 Å². The van der Waals surface area contributed by atoms with Crippen LogP contribution in [-0.2, 0) is 18.4 Å². The first-order chi connectivity index (χ1) is 23.6. The van der Waals surface area contributed by atoms with E-state index >= 15 is 0 Å². The number of hydrogen-bond donors (Lipinski definition) is 1. The number of quaternary nitrogens is 1. The van der Waals surface area contributed by atoms with Crippen LogP contribution in [0, 0.1) is 0 Å². The molecule has 0 spiro atoms. The third-order valence-electron chi connectivity index (χ3n) is 9.28. The monoisotopic (exact) mass is 735 g/mol. The highest BCUT2D eigenvalue weighted by atomic mass is 32.2. The smallest absolute Gasteiger partial charge is 0.268 e. The molecule has 0 saturated heterocycles. The molecule has 0 fully saturated rings. The maximum Gasteiger partial charge on any atom is 0.268 e. The van der Waals surface area contributed by atoms with Crippen LogP contribution in [0.15, 0.2) is 0 Å². The Bertz CT molecular complexity index is 767. The summed E-state index contributed by atoms with van der Waals surface area (Å²) in [7, 11) is 1.53. The Morgan fingerprint density at radius 2 is 1.02 bits per heavy atom. The molecule has 49 heavy (non-hydrogen) atoms.